The standard InChI is InChI=1S/C32H35ClN12O5.ClH/c1-18(33)27(46)38-19-11-24(43(3)14-19)29(48)40-21-13-26(45(5)16-21)31(50)41-22-12-25(44(4)17-22)30(49)39-20-10-23(42(2)15-20)28(47)34-6-7-35-32-36-8-9-37-32;/h8-17H,1,6-7H2,2-5H3,(H,34,47)(H,38,46)(H,39,49)(H,40,48)(H,41,50)(H2,35,36,37);1H. The first-order valence-corrected chi connectivity index (χ1v) is 15.4. The van der Waals surface area contributed by atoms with Crippen molar-refractivity contribution in [3.8, 4) is 0 Å². The molecule has 0 atom stereocenters. The summed E-state index contributed by atoms with van der Waals surface area (Å²) >= 11 is 5.62. The molecule has 0 aromatic carbocycles. The van der Waals surface area contributed by atoms with Gasteiger partial charge in [-0.3, -0.25) is 24.0 Å². The van der Waals surface area contributed by atoms with Gasteiger partial charge in [0.05, 0.1) is 27.8 Å². The van der Waals surface area contributed by atoms with Gasteiger partial charge in [0.15, 0.2) is 5.95 Å². The SMILES string of the molecule is C=C(Cl)C(=O)Nc1cc(C(=O)Nc2cc(C(=O)Nc3cc(C(=O)Nc4cc(C(=O)NCCNc5ncc[nH]5)n(C)c4)n(C)c3)n(C)c2)n(C)c1.Cl. The minimum atomic E-state index is -0.590. The molecule has 5 aromatic heterocycles. The number of nitrogens with zero attached hydrogens (tertiary/aromatic N) is 5. The van der Waals surface area contributed by atoms with E-state index in [1.807, 2.05) is 0 Å². The van der Waals surface area contributed by atoms with E-state index in [2.05, 4.69) is 48.4 Å². The van der Waals surface area contributed by atoms with Crippen molar-refractivity contribution in [2.45, 2.75) is 0 Å². The Kier molecular flexibility index (Phi) is 11.8. The Morgan fingerprint density at radius 2 is 1.06 bits per heavy atom. The Morgan fingerprint density at radius 3 is 1.43 bits per heavy atom. The fourth-order valence-corrected chi connectivity index (χ4v) is 5.08. The van der Waals surface area contributed by atoms with E-state index in [0.29, 0.717) is 47.5 Å². The van der Waals surface area contributed by atoms with Crippen molar-refractivity contribution in [1.82, 2.24) is 33.6 Å². The van der Waals surface area contributed by atoms with Gasteiger partial charge in [-0.1, -0.05) is 18.2 Å². The van der Waals surface area contributed by atoms with Gasteiger partial charge in [0.1, 0.15) is 22.8 Å². The number of aromatic amines is 1. The maximum Gasteiger partial charge on any atom is 0.272 e. The van der Waals surface area contributed by atoms with Gasteiger partial charge in [-0.05, 0) is 24.3 Å². The van der Waals surface area contributed by atoms with Crippen LogP contribution in [0, 0.1) is 0 Å². The molecule has 5 heterocycles. The normalized spacial score (nSPS) is 10.5. The maximum absolute atomic E-state index is 13.2. The second-order valence-electron chi connectivity index (χ2n) is 11.2. The van der Waals surface area contributed by atoms with Gasteiger partial charge < -0.3 is 55.2 Å². The molecule has 5 aromatic rings. The van der Waals surface area contributed by atoms with Crippen LogP contribution in [0.3, 0.4) is 0 Å². The van der Waals surface area contributed by atoms with Crippen molar-refractivity contribution in [3.05, 3.63) is 95.8 Å². The lowest BCUT2D eigenvalue weighted by molar-refractivity contribution is -0.112. The van der Waals surface area contributed by atoms with Crippen LogP contribution in [0.1, 0.15) is 42.0 Å². The molecule has 0 saturated heterocycles. The molecule has 0 spiro atoms. The number of nitrogens with one attached hydrogen (secondary N) is 7. The summed E-state index contributed by atoms with van der Waals surface area (Å²) in [6, 6.07) is 6.07. The van der Waals surface area contributed by atoms with E-state index in [9.17, 15) is 24.0 Å². The number of aromatic nitrogens is 6. The molecule has 268 valence electrons. The summed E-state index contributed by atoms with van der Waals surface area (Å²) in [7, 11) is 6.64. The van der Waals surface area contributed by atoms with E-state index in [1.54, 1.807) is 85.1 Å². The Hall–Kier alpha value is -6.20. The number of amides is 5. The van der Waals surface area contributed by atoms with Gasteiger partial charge in [-0.25, -0.2) is 4.98 Å². The van der Waals surface area contributed by atoms with Crippen LogP contribution in [0.2, 0.25) is 0 Å². The lowest BCUT2D eigenvalue weighted by Crippen LogP contribution is -2.30. The van der Waals surface area contributed by atoms with Crippen LogP contribution in [-0.4, -0.2) is 70.9 Å². The van der Waals surface area contributed by atoms with Crippen LogP contribution in [0.4, 0.5) is 28.7 Å². The molecule has 51 heavy (non-hydrogen) atoms. The summed E-state index contributed by atoms with van der Waals surface area (Å²) in [6.45, 7) is 4.19. The number of hydrogen-bond acceptors (Lipinski definition) is 7. The molecule has 7 N–H and O–H groups in total. The Morgan fingerprint density at radius 1 is 0.667 bits per heavy atom. The zero-order chi connectivity index (χ0) is 36.1. The minimum Gasteiger partial charge on any atom is -0.354 e. The average Bonchev–Trinajstić information content (AvgIpc) is 3.88. The van der Waals surface area contributed by atoms with Gasteiger partial charge in [-0.2, -0.15) is 0 Å². The number of aryl methyl sites for hydroxylation is 4. The van der Waals surface area contributed by atoms with Crippen LogP contribution < -0.4 is 31.9 Å². The highest BCUT2D eigenvalue weighted by Crippen LogP contribution is 2.21. The fourth-order valence-electron chi connectivity index (χ4n) is 5.03. The van der Waals surface area contributed by atoms with E-state index in [0.717, 1.165) is 0 Å². The summed E-state index contributed by atoms with van der Waals surface area (Å²) in [5, 5.41) is 16.5. The van der Waals surface area contributed by atoms with Crippen LogP contribution in [0.5, 0.6) is 0 Å². The van der Waals surface area contributed by atoms with Crippen LogP contribution in [0.25, 0.3) is 0 Å². The largest absolute Gasteiger partial charge is 0.354 e. The van der Waals surface area contributed by atoms with Crippen LogP contribution in [0.15, 0.2) is 73.1 Å². The second kappa shape index (κ2) is 16.0. The molecule has 0 aliphatic rings. The lowest BCUT2D eigenvalue weighted by atomic mass is 10.3. The van der Waals surface area contributed by atoms with Crippen molar-refractivity contribution in [3.63, 3.8) is 0 Å². The Labute approximate surface area is 302 Å². The molecule has 0 bridgehead atoms. The van der Waals surface area contributed by atoms with E-state index < -0.39 is 23.6 Å². The predicted octanol–water partition coefficient (Wildman–Crippen LogP) is 3.48. The molecule has 0 aliphatic carbocycles. The number of carbonyl (C=O) groups is 5. The highest BCUT2D eigenvalue weighted by Gasteiger charge is 2.20. The van der Waals surface area contributed by atoms with Gasteiger partial charge in [0.25, 0.3) is 29.5 Å². The van der Waals surface area contributed by atoms with Gasteiger partial charge in [-0.15, -0.1) is 12.4 Å². The predicted molar refractivity (Wildman–Crippen MR) is 196 cm³/mol. The lowest BCUT2D eigenvalue weighted by Gasteiger charge is -2.06. The maximum atomic E-state index is 13.2. The highest BCUT2D eigenvalue weighted by atomic mass is 35.5. The van der Waals surface area contributed by atoms with Crippen molar-refractivity contribution >= 4 is 82.2 Å². The molecule has 0 unspecified atom stereocenters. The van der Waals surface area contributed by atoms with Gasteiger partial charge >= 0.3 is 0 Å². The van der Waals surface area contributed by atoms with Crippen LogP contribution >= 0.6 is 24.0 Å². The second-order valence-corrected chi connectivity index (χ2v) is 11.7. The molecular weight excluding hydrogens is 703 g/mol. The Bertz CT molecular complexity index is 2100. The molecular formula is C32H36Cl2N12O5. The molecule has 0 fully saturated rings. The number of hydrogen-bond donors (Lipinski definition) is 7. The number of halogens is 2. The number of anilines is 5. The van der Waals surface area contributed by atoms with E-state index in [-0.39, 0.29) is 40.4 Å². The third-order valence-corrected chi connectivity index (χ3v) is 7.60. The zero-order valence-electron chi connectivity index (χ0n) is 28.0. The van der Waals surface area contributed by atoms with E-state index >= 15 is 0 Å². The summed E-state index contributed by atoms with van der Waals surface area (Å²) in [5.74, 6) is -1.70. The van der Waals surface area contributed by atoms with Crippen molar-refractivity contribution < 1.29 is 24.0 Å². The number of H-pyrrole nitrogens is 1. The molecule has 0 radical (unpaired) electrons. The van der Waals surface area contributed by atoms with Crippen molar-refractivity contribution in [2.24, 2.45) is 28.2 Å². The number of carbonyl (C=O) groups excluding carboxylic acids is 5. The average molecular weight is 740 g/mol. The summed E-state index contributed by atoms with van der Waals surface area (Å²) in [6.07, 6.45) is 9.64. The minimum absolute atomic E-state index is 0. The van der Waals surface area contributed by atoms with E-state index in [4.69, 9.17) is 11.6 Å². The monoisotopic (exact) mass is 738 g/mol. The molecule has 5 amide bonds. The Balaban J connectivity index is 0.00000583. The number of imidazole rings is 1. The molecule has 17 nitrogen and oxygen atoms in total. The molecule has 0 aliphatic heterocycles. The smallest absolute Gasteiger partial charge is 0.272 e. The quantitative estimate of drug-likeness (QED) is 0.0707. The van der Waals surface area contributed by atoms with Crippen LogP contribution in [-0.2, 0) is 33.0 Å². The first kappa shape index (κ1) is 37.6. The summed E-state index contributed by atoms with van der Waals surface area (Å²) in [4.78, 5) is 70.8. The van der Waals surface area contributed by atoms with E-state index in [1.165, 1.54) is 22.8 Å². The third-order valence-electron chi connectivity index (χ3n) is 7.43. The molecule has 0 saturated carbocycles. The third kappa shape index (κ3) is 9.08. The topological polar surface area (TPSA) is 206 Å². The number of rotatable bonds is 13. The highest BCUT2D eigenvalue weighted by molar-refractivity contribution is 6.43. The summed E-state index contributed by atoms with van der Waals surface area (Å²) < 4.78 is 6.24. The van der Waals surface area contributed by atoms with Gasteiger partial charge in [0.2, 0.25) is 0 Å². The first-order valence-electron chi connectivity index (χ1n) is 15.1. The zero-order valence-corrected chi connectivity index (χ0v) is 29.5. The molecule has 5 rings (SSSR count). The fraction of sp³-hybridized carbons (Fsp3) is 0.188. The molecule has 19 heteroatoms. The first-order chi connectivity index (χ1) is 23.8. The summed E-state index contributed by atoms with van der Waals surface area (Å²) in [5.41, 5.74) is 2.59. The van der Waals surface area contributed by atoms with Crippen molar-refractivity contribution in [2.75, 3.05) is 39.7 Å². The van der Waals surface area contributed by atoms with Gasteiger partial charge in [0, 0.05) is 78.5 Å². The van der Waals surface area contributed by atoms with Crippen molar-refractivity contribution in [1.29, 1.82) is 0 Å².